The van der Waals surface area contributed by atoms with Crippen LogP contribution >= 0.6 is 0 Å². The van der Waals surface area contributed by atoms with E-state index >= 15 is 0 Å². The quantitative estimate of drug-likeness (QED) is 0.846. The summed E-state index contributed by atoms with van der Waals surface area (Å²) in [6.07, 6.45) is 7.61. The van der Waals surface area contributed by atoms with E-state index in [0.29, 0.717) is 11.5 Å². The molecular weight excluding hydrogens is 198 g/mol. The Kier molecular flexibility index (Phi) is 3.24. The molecule has 1 atom stereocenters. The SMILES string of the molecule is Cc1nccnc1C(C)NCC1(C)CCC1. The van der Waals surface area contributed by atoms with Gasteiger partial charge in [-0.3, -0.25) is 9.97 Å². The maximum atomic E-state index is 4.40. The number of aryl methyl sites for hydroxylation is 1. The third kappa shape index (κ3) is 2.40. The lowest BCUT2D eigenvalue weighted by molar-refractivity contribution is 0.151. The first-order valence-electron chi connectivity index (χ1n) is 6.12. The minimum Gasteiger partial charge on any atom is -0.308 e. The van der Waals surface area contributed by atoms with Gasteiger partial charge in [0.1, 0.15) is 0 Å². The maximum Gasteiger partial charge on any atom is 0.0782 e. The van der Waals surface area contributed by atoms with E-state index in [1.165, 1.54) is 19.3 Å². The van der Waals surface area contributed by atoms with Gasteiger partial charge >= 0.3 is 0 Å². The van der Waals surface area contributed by atoms with E-state index in [9.17, 15) is 0 Å². The molecule has 1 aromatic heterocycles. The third-order valence-electron chi connectivity index (χ3n) is 3.73. The van der Waals surface area contributed by atoms with Crippen molar-refractivity contribution in [2.45, 2.75) is 46.1 Å². The zero-order valence-electron chi connectivity index (χ0n) is 10.5. The molecule has 0 aliphatic heterocycles. The van der Waals surface area contributed by atoms with Crippen LogP contribution in [0.4, 0.5) is 0 Å². The number of hydrogen-bond acceptors (Lipinski definition) is 3. The molecule has 1 aromatic rings. The van der Waals surface area contributed by atoms with Gasteiger partial charge in [-0.15, -0.1) is 0 Å². The fourth-order valence-electron chi connectivity index (χ4n) is 2.30. The smallest absolute Gasteiger partial charge is 0.0782 e. The van der Waals surface area contributed by atoms with Crippen molar-refractivity contribution in [1.29, 1.82) is 0 Å². The number of aromatic nitrogens is 2. The summed E-state index contributed by atoms with van der Waals surface area (Å²) in [4.78, 5) is 8.67. The standard InChI is InChI=1S/C13H21N3/c1-10-12(15-8-7-14-10)11(2)16-9-13(3)5-4-6-13/h7-8,11,16H,4-6,9H2,1-3H3. The number of nitrogens with one attached hydrogen (secondary N) is 1. The van der Waals surface area contributed by atoms with Crippen molar-refractivity contribution in [3.63, 3.8) is 0 Å². The Balaban J connectivity index is 1.93. The molecule has 1 fully saturated rings. The Morgan fingerprint density at radius 3 is 2.62 bits per heavy atom. The summed E-state index contributed by atoms with van der Waals surface area (Å²) in [6.45, 7) is 7.63. The second kappa shape index (κ2) is 4.50. The van der Waals surface area contributed by atoms with Crippen LogP contribution in [0.15, 0.2) is 12.4 Å². The van der Waals surface area contributed by atoms with Crippen molar-refractivity contribution in [1.82, 2.24) is 15.3 Å². The summed E-state index contributed by atoms with van der Waals surface area (Å²) in [7, 11) is 0. The molecule has 0 saturated heterocycles. The molecular formula is C13H21N3. The van der Waals surface area contributed by atoms with E-state index in [1.54, 1.807) is 12.4 Å². The van der Waals surface area contributed by atoms with Crippen LogP contribution in [0.1, 0.15) is 50.5 Å². The summed E-state index contributed by atoms with van der Waals surface area (Å²) >= 11 is 0. The molecule has 1 unspecified atom stereocenters. The summed E-state index contributed by atoms with van der Waals surface area (Å²) in [6, 6.07) is 0.297. The van der Waals surface area contributed by atoms with E-state index in [0.717, 1.165) is 17.9 Å². The molecule has 1 heterocycles. The van der Waals surface area contributed by atoms with Gasteiger partial charge in [-0.1, -0.05) is 13.3 Å². The summed E-state index contributed by atoms with van der Waals surface area (Å²) < 4.78 is 0. The van der Waals surface area contributed by atoms with Crippen LogP contribution < -0.4 is 5.32 Å². The molecule has 0 radical (unpaired) electrons. The second-order valence-corrected chi connectivity index (χ2v) is 5.29. The molecule has 1 saturated carbocycles. The maximum absolute atomic E-state index is 4.40. The highest BCUT2D eigenvalue weighted by atomic mass is 15.0. The van der Waals surface area contributed by atoms with Gasteiger partial charge in [0.2, 0.25) is 0 Å². The van der Waals surface area contributed by atoms with Crippen molar-refractivity contribution in [2.24, 2.45) is 5.41 Å². The van der Waals surface area contributed by atoms with Gasteiger partial charge in [-0.25, -0.2) is 0 Å². The minimum absolute atomic E-state index is 0.297. The number of hydrogen-bond donors (Lipinski definition) is 1. The van der Waals surface area contributed by atoms with Crippen LogP contribution in [0, 0.1) is 12.3 Å². The van der Waals surface area contributed by atoms with Crippen LogP contribution in [0.5, 0.6) is 0 Å². The molecule has 0 amide bonds. The lowest BCUT2D eigenvalue weighted by atomic mass is 9.70. The van der Waals surface area contributed by atoms with Crippen molar-refractivity contribution >= 4 is 0 Å². The fourth-order valence-corrected chi connectivity index (χ4v) is 2.30. The highest BCUT2D eigenvalue weighted by molar-refractivity contribution is 5.12. The predicted molar refractivity (Wildman–Crippen MR) is 65.1 cm³/mol. The van der Waals surface area contributed by atoms with E-state index in [4.69, 9.17) is 0 Å². The van der Waals surface area contributed by atoms with Crippen LogP contribution in [0.3, 0.4) is 0 Å². The van der Waals surface area contributed by atoms with E-state index in [-0.39, 0.29) is 0 Å². The van der Waals surface area contributed by atoms with Crippen LogP contribution in [-0.4, -0.2) is 16.5 Å². The van der Waals surface area contributed by atoms with Gasteiger partial charge in [0.25, 0.3) is 0 Å². The topological polar surface area (TPSA) is 37.8 Å². The van der Waals surface area contributed by atoms with Crippen LogP contribution in [0.25, 0.3) is 0 Å². The summed E-state index contributed by atoms with van der Waals surface area (Å²) in [5, 5.41) is 3.58. The van der Waals surface area contributed by atoms with E-state index in [1.807, 2.05) is 6.92 Å². The van der Waals surface area contributed by atoms with E-state index < -0.39 is 0 Å². The highest BCUT2D eigenvalue weighted by Gasteiger charge is 2.31. The van der Waals surface area contributed by atoms with Crippen LogP contribution in [-0.2, 0) is 0 Å². The van der Waals surface area contributed by atoms with Gasteiger partial charge in [0.05, 0.1) is 11.4 Å². The van der Waals surface area contributed by atoms with Gasteiger partial charge in [0.15, 0.2) is 0 Å². The molecule has 16 heavy (non-hydrogen) atoms. The minimum atomic E-state index is 0.297. The first-order valence-corrected chi connectivity index (χ1v) is 6.12. The molecule has 3 nitrogen and oxygen atoms in total. The molecule has 0 aromatic carbocycles. The molecule has 0 bridgehead atoms. The molecule has 0 spiro atoms. The van der Waals surface area contributed by atoms with E-state index in [2.05, 4.69) is 29.1 Å². The molecule has 1 aliphatic carbocycles. The zero-order chi connectivity index (χ0) is 11.6. The van der Waals surface area contributed by atoms with Crippen molar-refractivity contribution in [2.75, 3.05) is 6.54 Å². The summed E-state index contributed by atoms with van der Waals surface area (Å²) in [5.41, 5.74) is 2.62. The van der Waals surface area contributed by atoms with Gasteiger partial charge < -0.3 is 5.32 Å². The first kappa shape index (κ1) is 11.5. The largest absolute Gasteiger partial charge is 0.308 e. The van der Waals surface area contributed by atoms with Crippen molar-refractivity contribution in [3.05, 3.63) is 23.8 Å². The monoisotopic (exact) mass is 219 g/mol. The van der Waals surface area contributed by atoms with Gasteiger partial charge in [-0.2, -0.15) is 0 Å². The van der Waals surface area contributed by atoms with Crippen molar-refractivity contribution < 1.29 is 0 Å². The molecule has 1 aliphatic rings. The first-order chi connectivity index (χ1) is 7.61. The predicted octanol–water partition coefficient (Wildman–Crippen LogP) is 2.63. The van der Waals surface area contributed by atoms with Gasteiger partial charge in [0, 0.05) is 25.0 Å². The normalized spacial score (nSPS) is 20.2. The second-order valence-electron chi connectivity index (χ2n) is 5.29. The number of rotatable bonds is 4. The molecule has 3 heteroatoms. The Hall–Kier alpha value is -0.960. The van der Waals surface area contributed by atoms with Crippen LogP contribution in [0.2, 0.25) is 0 Å². The molecule has 1 N–H and O–H groups in total. The lowest BCUT2D eigenvalue weighted by Crippen LogP contribution is -2.38. The fraction of sp³-hybridized carbons (Fsp3) is 0.692. The van der Waals surface area contributed by atoms with Gasteiger partial charge in [-0.05, 0) is 32.1 Å². The Bertz CT molecular complexity index is 358. The Labute approximate surface area is 97.7 Å². The highest BCUT2D eigenvalue weighted by Crippen LogP contribution is 2.39. The third-order valence-corrected chi connectivity index (χ3v) is 3.73. The molecule has 2 rings (SSSR count). The Morgan fingerprint density at radius 2 is 2.06 bits per heavy atom. The van der Waals surface area contributed by atoms with Crippen molar-refractivity contribution in [3.8, 4) is 0 Å². The lowest BCUT2D eigenvalue weighted by Gasteiger charge is -2.39. The number of nitrogens with zero attached hydrogens (tertiary/aromatic N) is 2. The molecule has 88 valence electrons. The Morgan fingerprint density at radius 1 is 1.38 bits per heavy atom. The average molecular weight is 219 g/mol. The summed E-state index contributed by atoms with van der Waals surface area (Å²) in [5.74, 6) is 0. The zero-order valence-corrected chi connectivity index (χ0v) is 10.5. The average Bonchev–Trinajstić information content (AvgIpc) is 2.24.